The van der Waals surface area contributed by atoms with E-state index < -0.39 is 0 Å². The normalized spacial score (nSPS) is 32.3. The van der Waals surface area contributed by atoms with Crippen molar-refractivity contribution in [1.82, 2.24) is 24.5 Å². The molecule has 5 aliphatic rings. The summed E-state index contributed by atoms with van der Waals surface area (Å²) in [5, 5.41) is 11.2. The lowest BCUT2D eigenvalue weighted by atomic mass is 9.50. The first kappa shape index (κ1) is 19.4. The van der Waals surface area contributed by atoms with Gasteiger partial charge in [0.15, 0.2) is 0 Å². The van der Waals surface area contributed by atoms with Crippen LogP contribution in [0.2, 0.25) is 5.02 Å². The molecule has 4 heterocycles. The third kappa shape index (κ3) is 2.80. The molecule has 2 aromatic heterocycles. The first-order valence-corrected chi connectivity index (χ1v) is 12.3. The molecule has 0 amide bonds. The second kappa shape index (κ2) is 6.95. The number of rotatable bonds is 4. The highest BCUT2D eigenvalue weighted by Gasteiger charge is 2.58. The van der Waals surface area contributed by atoms with E-state index in [4.69, 9.17) is 21.4 Å². The van der Waals surface area contributed by atoms with E-state index in [1.54, 1.807) is 0 Å². The van der Waals surface area contributed by atoms with E-state index in [-0.39, 0.29) is 0 Å². The molecule has 2 bridgehead atoms. The molecule has 8 heteroatoms. The maximum Gasteiger partial charge on any atom is 0.103 e. The van der Waals surface area contributed by atoms with Gasteiger partial charge < -0.3 is 9.64 Å². The minimum Gasteiger partial charge on any atom is -0.379 e. The first-order valence-electron chi connectivity index (χ1n) is 11.9. The van der Waals surface area contributed by atoms with Gasteiger partial charge in [0.25, 0.3) is 0 Å². The molecule has 168 valence electrons. The molecule has 1 aromatic carbocycles. The summed E-state index contributed by atoms with van der Waals surface area (Å²) in [6.45, 7) is 8.09. The van der Waals surface area contributed by atoms with Crippen LogP contribution in [0, 0.1) is 11.8 Å². The Morgan fingerprint density at radius 3 is 2.53 bits per heavy atom. The average Bonchev–Trinajstić information content (AvgIpc) is 3.45. The quantitative estimate of drug-likeness (QED) is 0.606. The lowest BCUT2D eigenvalue weighted by molar-refractivity contribution is -0.0977. The highest BCUT2D eigenvalue weighted by Crippen LogP contribution is 2.62. The molecular formula is C24H29ClN6O. The summed E-state index contributed by atoms with van der Waals surface area (Å²) < 4.78 is 9.88. The maximum atomic E-state index is 6.75. The number of hydrogen-bond acceptors (Lipinski definition) is 5. The van der Waals surface area contributed by atoms with Gasteiger partial charge in [0.2, 0.25) is 0 Å². The van der Waals surface area contributed by atoms with Crippen LogP contribution in [0.15, 0.2) is 30.7 Å². The summed E-state index contributed by atoms with van der Waals surface area (Å²) in [6, 6.07) is 4.81. The molecule has 2 aliphatic heterocycles. The molecule has 5 fully saturated rings. The van der Waals surface area contributed by atoms with Crippen molar-refractivity contribution < 1.29 is 4.74 Å². The van der Waals surface area contributed by atoms with Crippen molar-refractivity contribution in [2.24, 2.45) is 11.8 Å². The second-order valence-corrected chi connectivity index (χ2v) is 10.8. The first-order chi connectivity index (χ1) is 15.6. The van der Waals surface area contributed by atoms with Crippen LogP contribution in [0.25, 0.3) is 16.6 Å². The van der Waals surface area contributed by atoms with Gasteiger partial charge in [-0.05, 0) is 43.2 Å². The molecule has 3 aromatic rings. The van der Waals surface area contributed by atoms with Crippen molar-refractivity contribution in [2.45, 2.75) is 37.8 Å². The Labute approximate surface area is 192 Å². The van der Waals surface area contributed by atoms with E-state index in [0.717, 1.165) is 72.6 Å². The van der Waals surface area contributed by atoms with Crippen molar-refractivity contribution in [3.8, 4) is 5.69 Å². The zero-order valence-electron chi connectivity index (χ0n) is 18.5. The fourth-order valence-corrected chi connectivity index (χ4v) is 6.58. The van der Waals surface area contributed by atoms with E-state index >= 15 is 0 Å². The fraction of sp³-hybridized carbons (Fsp3) is 0.583. The van der Waals surface area contributed by atoms with Crippen LogP contribution in [-0.2, 0) is 10.3 Å². The highest BCUT2D eigenvalue weighted by atomic mass is 35.5. The van der Waals surface area contributed by atoms with Crippen LogP contribution in [0.5, 0.6) is 0 Å². The number of nitrogens with zero attached hydrogens (tertiary/aromatic N) is 6. The molecule has 2 saturated heterocycles. The number of piperazine rings is 1. The second-order valence-electron chi connectivity index (χ2n) is 10.4. The number of hydrogen-bond donors (Lipinski definition) is 0. The fourth-order valence-electron chi connectivity index (χ4n) is 6.29. The number of benzene rings is 1. The Balaban J connectivity index is 1.15. The Hall–Kier alpha value is -2.09. The van der Waals surface area contributed by atoms with Crippen LogP contribution in [-0.4, -0.2) is 69.9 Å². The van der Waals surface area contributed by atoms with Gasteiger partial charge >= 0.3 is 0 Å². The summed E-state index contributed by atoms with van der Waals surface area (Å²) in [5.41, 5.74) is 3.50. The van der Waals surface area contributed by atoms with E-state index in [2.05, 4.69) is 44.8 Å². The van der Waals surface area contributed by atoms with Crippen LogP contribution >= 0.6 is 11.6 Å². The predicted molar refractivity (Wildman–Crippen MR) is 125 cm³/mol. The molecule has 3 saturated carbocycles. The number of fused-ring (bicyclic) bond motifs is 1. The summed E-state index contributed by atoms with van der Waals surface area (Å²) in [7, 11) is 0. The lowest BCUT2D eigenvalue weighted by Crippen LogP contribution is -2.59. The smallest absolute Gasteiger partial charge is 0.103 e. The summed E-state index contributed by atoms with van der Waals surface area (Å²) >= 11 is 6.75. The zero-order valence-corrected chi connectivity index (χ0v) is 19.2. The molecular weight excluding hydrogens is 424 g/mol. The topological polar surface area (TPSA) is 51.4 Å². The molecule has 0 spiro atoms. The molecule has 8 rings (SSSR count). The van der Waals surface area contributed by atoms with E-state index in [1.165, 1.54) is 19.3 Å². The van der Waals surface area contributed by atoms with Gasteiger partial charge in [-0.25, -0.2) is 4.68 Å². The van der Waals surface area contributed by atoms with Crippen LogP contribution in [0.3, 0.4) is 0 Å². The Kier molecular flexibility index (Phi) is 4.21. The minimum absolute atomic E-state index is 0.294. The number of aromatic nitrogens is 4. The molecule has 2 atom stereocenters. The average molecular weight is 453 g/mol. The standard InChI is InChI=1S/C24H29ClN6O/c1-16-14-32-15-23(16)29-4-2-28(3-5-29)22-7-21-18(6-20(22)25)11-27-31(21)19-12-26-30(13-19)24-8-17(9-24)10-24/h6-7,11-13,16-17,23H,2-5,8-10,14-15H2,1H3/t16-,17?,23+,24?/m0/s1. The number of ether oxygens (including phenoxy) is 1. The zero-order chi connectivity index (χ0) is 21.4. The van der Waals surface area contributed by atoms with Crippen molar-refractivity contribution in [3.63, 3.8) is 0 Å². The molecule has 0 N–H and O–H groups in total. The summed E-state index contributed by atoms with van der Waals surface area (Å²) in [5.74, 6) is 1.55. The maximum absolute atomic E-state index is 6.75. The van der Waals surface area contributed by atoms with Gasteiger partial charge in [0.1, 0.15) is 5.69 Å². The van der Waals surface area contributed by atoms with Crippen LogP contribution < -0.4 is 4.90 Å². The van der Waals surface area contributed by atoms with Gasteiger partial charge in [0, 0.05) is 37.6 Å². The molecule has 7 nitrogen and oxygen atoms in total. The van der Waals surface area contributed by atoms with Crippen molar-refractivity contribution in [2.75, 3.05) is 44.3 Å². The summed E-state index contributed by atoms with van der Waals surface area (Å²) in [4.78, 5) is 5.01. The third-order valence-corrected chi connectivity index (χ3v) is 8.69. The van der Waals surface area contributed by atoms with Gasteiger partial charge in [-0.2, -0.15) is 10.2 Å². The molecule has 0 unspecified atom stereocenters. The number of anilines is 1. The van der Waals surface area contributed by atoms with Crippen LogP contribution in [0.4, 0.5) is 5.69 Å². The Bertz CT molecular complexity index is 1160. The highest BCUT2D eigenvalue weighted by molar-refractivity contribution is 6.34. The third-order valence-electron chi connectivity index (χ3n) is 8.39. The van der Waals surface area contributed by atoms with E-state index in [0.29, 0.717) is 17.5 Å². The minimum atomic E-state index is 0.294. The SMILES string of the molecule is C[C@H]1COC[C@H]1N1CCN(c2cc3c(cnn3-c3cnn(C45CC(C4)C5)c3)cc2Cl)CC1. The monoisotopic (exact) mass is 452 g/mol. The molecule has 0 radical (unpaired) electrons. The molecule has 3 aliphatic carbocycles. The molecule has 32 heavy (non-hydrogen) atoms. The van der Waals surface area contributed by atoms with Crippen molar-refractivity contribution >= 4 is 28.2 Å². The van der Waals surface area contributed by atoms with Gasteiger partial charge in [-0.15, -0.1) is 0 Å². The summed E-state index contributed by atoms with van der Waals surface area (Å²) in [6.07, 6.45) is 9.87. The van der Waals surface area contributed by atoms with E-state index in [1.807, 2.05) is 17.1 Å². The van der Waals surface area contributed by atoms with Gasteiger partial charge in [-0.1, -0.05) is 18.5 Å². The number of halogens is 1. The lowest BCUT2D eigenvalue weighted by Gasteiger charge is -2.61. The van der Waals surface area contributed by atoms with Crippen molar-refractivity contribution in [3.05, 3.63) is 35.7 Å². The van der Waals surface area contributed by atoms with Gasteiger partial charge in [0.05, 0.1) is 53.6 Å². The van der Waals surface area contributed by atoms with Gasteiger partial charge in [-0.3, -0.25) is 9.58 Å². The predicted octanol–water partition coefficient (Wildman–Crippen LogP) is 3.54. The van der Waals surface area contributed by atoms with E-state index in [9.17, 15) is 0 Å². The van der Waals surface area contributed by atoms with Crippen LogP contribution in [0.1, 0.15) is 26.2 Å². The Morgan fingerprint density at radius 2 is 1.84 bits per heavy atom. The largest absolute Gasteiger partial charge is 0.379 e. The Morgan fingerprint density at radius 1 is 1.03 bits per heavy atom. The van der Waals surface area contributed by atoms with Crippen molar-refractivity contribution in [1.29, 1.82) is 0 Å².